The number of nitrogen functional groups attached to an aromatic ring is 1. The van der Waals surface area contributed by atoms with Crippen LogP contribution in [0.5, 0.6) is 11.5 Å². The van der Waals surface area contributed by atoms with Crippen molar-refractivity contribution in [2.24, 2.45) is 5.92 Å². The van der Waals surface area contributed by atoms with E-state index < -0.39 is 0 Å². The minimum Gasteiger partial charge on any atom is -0.497 e. The Hall–Kier alpha value is -1.38. The summed E-state index contributed by atoms with van der Waals surface area (Å²) in [6.07, 6.45) is 2.24. The molecular formula is C13H21NO2. The summed E-state index contributed by atoms with van der Waals surface area (Å²) in [6.45, 7) is 5.15. The molecule has 0 radical (unpaired) electrons. The molecule has 90 valence electrons. The Morgan fingerprint density at radius 1 is 1.19 bits per heavy atom. The quantitative estimate of drug-likeness (QED) is 0.595. The molecule has 0 spiro atoms. The van der Waals surface area contributed by atoms with Gasteiger partial charge in [0.15, 0.2) is 0 Å². The highest BCUT2D eigenvalue weighted by Crippen LogP contribution is 2.24. The van der Waals surface area contributed by atoms with Crippen molar-refractivity contribution in [3.05, 3.63) is 18.2 Å². The molecule has 0 amide bonds. The lowest BCUT2D eigenvalue weighted by atomic mass is 10.1. The fraction of sp³-hybridized carbons (Fsp3) is 0.538. The third-order valence-corrected chi connectivity index (χ3v) is 2.33. The minimum atomic E-state index is 0.665. The van der Waals surface area contributed by atoms with E-state index >= 15 is 0 Å². The van der Waals surface area contributed by atoms with Gasteiger partial charge in [-0.1, -0.05) is 13.8 Å². The van der Waals surface area contributed by atoms with Gasteiger partial charge in [0, 0.05) is 23.9 Å². The summed E-state index contributed by atoms with van der Waals surface area (Å²) in [4.78, 5) is 0. The molecule has 1 aromatic rings. The first kappa shape index (κ1) is 12.7. The third kappa shape index (κ3) is 4.43. The van der Waals surface area contributed by atoms with Gasteiger partial charge < -0.3 is 15.2 Å². The molecule has 0 unspecified atom stereocenters. The number of anilines is 1. The second kappa shape index (κ2) is 6.26. The first-order chi connectivity index (χ1) is 7.61. The van der Waals surface area contributed by atoms with E-state index in [9.17, 15) is 0 Å². The molecule has 0 aliphatic heterocycles. The Morgan fingerprint density at radius 2 is 1.88 bits per heavy atom. The number of methoxy groups -OCH3 is 1. The Bertz CT molecular complexity index is 324. The zero-order valence-electron chi connectivity index (χ0n) is 10.3. The van der Waals surface area contributed by atoms with Gasteiger partial charge in [-0.05, 0) is 18.8 Å². The van der Waals surface area contributed by atoms with Crippen molar-refractivity contribution in [1.29, 1.82) is 0 Å². The van der Waals surface area contributed by atoms with Crippen LogP contribution in [0.3, 0.4) is 0 Å². The van der Waals surface area contributed by atoms with E-state index in [1.165, 1.54) is 6.42 Å². The van der Waals surface area contributed by atoms with Crippen molar-refractivity contribution in [1.82, 2.24) is 0 Å². The maximum atomic E-state index is 5.73. The highest BCUT2D eigenvalue weighted by molar-refractivity contribution is 5.50. The summed E-state index contributed by atoms with van der Waals surface area (Å²) in [5.74, 6) is 2.23. The number of benzene rings is 1. The molecule has 3 nitrogen and oxygen atoms in total. The summed E-state index contributed by atoms with van der Waals surface area (Å²) in [5, 5.41) is 0. The predicted molar refractivity (Wildman–Crippen MR) is 67.0 cm³/mol. The van der Waals surface area contributed by atoms with E-state index in [1.54, 1.807) is 13.2 Å². The first-order valence-electron chi connectivity index (χ1n) is 5.69. The van der Waals surface area contributed by atoms with E-state index in [-0.39, 0.29) is 0 Å². The lowest BCUT2D eigenvalue weighted by Crippen LogP contribution is -2.00. The van der Waals surface area contributed by atoms with E-state index in [1.807, 2.05) is 12.1 Å². The minimum absolute atomic E-state index is 0.665. The molecule has 1 aromatic carbocycles. The van der Waals surface area contributed by atoms with Crippen molar-refractivity contribution < 1.29 is 9.47 Å². The molecule has 0 fully saturated rings. The van der Waals surface area contributed by atoms with Crippen LogP contribution in [-0.2, 0) is 0 Å². The van der Waals surface area contributed by atoms with Crippen molar-refractivity contribution in [3.63, 3.8) is 0 Å². The molecular weight excluding hydrogens is 202 g/mol. The highest BCUT2D eigenvalue weighted by Gasteiger charge is 2.00. The van der Waals surface area contributed by atoms with Gasteiger partial charge in [-0.2, -0.15) is 0 Å². The van der Waals surface area contributed by atoms with Crippen LogP contribution >= 0.6 is 0 Å². The summed E-state index contributed by atoms with van der Waals surface area (Å²) in [6, 6.07) is 5.45. The average Bonchev–Trinajstić information content (AvgIpc) is 2.23. The van der Waals surface area contributed by atoms with Crippen LogP contribution in [0.15, 0.2) is 18.2 Å². The van der Waals surface area contributed by atoms with E-state index in [4.69, 9.17) is 15.2 Å². The molecule has 0 bridgehead atoms. The van der Waals surface area contributed by atoms with Crippen LogP contribution in [0.2, 0.25) is 0 Å². The number of rotatable bonds is 6. The number of hydrogen-bond acceptors (Lipinski definition) is 3. The van der Waals surface area contributed by atoms with Gasteiger partial charge in [0.1, 0.15) is 11.5 Å². The molecule has 0 heterocycles. The molecule has 0 saturated heterocycles. The zero-order valence-corrected chi connectivity index (χ0v) is 10.3. The number of hydrogen-bond donors (Lipinski definition) is 1. The average molecular weight is 223 g/mol. The molecule has 1 rings (SSSR count). The summed E-state index contributed by atoms with van der Waals surface area (Å²) >= 11 is 0. The third-order valence-electron chi connectivity index (χ3n) is 2.33. The molecule has 0 aromatic heterocycles. The van der Waals surface area contributed by atoms with Gasteiger partial charge in [-0.3, -0.25) is 0 Å². The predicted octanol–water partition coefficient (Wildman–Crippen LogP) is 3.09. The summed E-state index contributed by atoms with van der Waals surface area (Å²) in [7, 11) is 1.62. The van der Waals surface area contributed by atoms with Crippen LogP contribution in [0.1, 0.15) is 26.7 Å². The van der Waals surface area contributed by atoms with Crippen molar-refractivity contribution in [2.75, 3.05) is 19.5 Å². The van der Waals surface area contributed by atoms with E-state index in [2.05, 4.69) is 13.8 Å². The lowest BCUT2D eigenvalue weighted by Gasteiger charge is -2.09. The van der Waals surface area contributed by atoms with Gasteiger partial charge >= 0.3 is 0 Å². The molecule has 16 heavy (non-hydrogen) atoms. The largest absolute Gasteiger partial charge is 0.497 e. The van der Waals surface area contributed by atoms with Crippen molar-refractivity contribution in [2.45, 2.75) is 26.7 Å². The smallest absolute Gasteiger partial charge is 0.125 e. The molecule has 0 aliphatic carbocycles. The zero-order chi connectivity index (χ0) is 12.0. The second-order valence-corrected chi connectivity index (χ2v) is 4.33. The normalized spacial score (nSPS) is 10.5. The van der Waals surface area contributed by atoms with Gasteiger partial charge in [0.2, 0.25) is 0 Å². The van der Waals surface area contributed by atoms with Crippen LogP contribution in [0.25, 0.3) is 0 Å². The molecule has 0 saturated carbocycles. The lowest BCUT2D eigenvalue weighted by molar-refractivity contribution is 0.296. The van der Waals surface area contributed by atoms with Crippen LogP contribution < -0.4 is 15.2 Å². The highest BCUT2D eigenvalue weighted by atomic mass is 16.5. The van der Waals surface area contributed by atoms with Gasteiger partial charge in [0.05, 0.1) is 13.7 Å². The van der Waals surface area contributed by atoms with Crippen LogP contribution in [-0.4, -0.2) is 13.7 Å². The molecule has 0 aliphatic rings. The monoisotopic (exact) mass is 223 g/mol. The van der Waals surface area contributed by atoms with E-state index in [0.29, 0.717) is 5.69 Å². The molecule has 3 heteroatoms. The Kier molecular flexibility index (Phi) is 4.96. The van der Waals surface area contributed by atoms with Gasteiger partial charge in [-0.15, -0.1) is 0 Å². The fourth-order valence-electron chi connectivity index (χ4n) is 1.48. The van der Waals surface area contributed by atoms with E-state index in [0.717, 1.165) is 30.4 Å². The van der Waals surface area contributed by atoms with Crippen molar-refractivity contribution in [3.8, 4) is 11.5 Å². The topological polar surface area (TPSA) is 44.5 Å². The van der Waals surface area contributed by atoms with Crippen molar-refractivity contribution >= 4 is 5.69 Å². The number of ether oxygens (including phenoxy) is 2. The maximum Gasteiger partial charge on any atom is 0.125 e. The Labute approximate surface area is 97.6 Å². The summed E-state index contributed by atoms with van der Waals surface area (Å²) in [5.41, 5.74) is 6.39. The Morgan fingerprint density at radius 3 is 2.50 bits per heavy atom. The van der Waals surface area contributed by atoms with Crippen LogP contribution in [0, 0.1) is 5.92 Å². The fourth-order valence-corrected chi connectivity index (χ4v) is 1.48. The Balaban J connectivity index is 2.44. The molecule has 2 N–H and O–H groups in total. The SMILES string of the molecule is COc1cc(N)cc(OCCCC(C)C)c1. The van der Waals surface area contributed by atoms with Gasteiger partial charge in [-0.25, -0.2) is 0 Å². The van der Waals surface area contributed by atoms with Crippen LogP contribution in [0.4, 0.5) is 5.69 Å². The number of nitrogens with two attached hydrogens (primary N) is 1. The van der Waals surface area contributed by atoms with Gasteiger partial charge in [0.25, 0.3) is 0 Å². The standard InChI is InChI=1S/C13H21NO2/c1-10(2)5-4-6-16-13-8-11(14)7-12(9-13)15-3/h7-10H,4-6,14H2,1-3H3. The molecule has 0 atom stereocenters. The maximum absolute atomic E-state index is 5.73. The summed E-state index contributed by atoms with van der Waals surface area (Å²) < 4.78 is 10.7. The second-order valence-electron chi connectivity index (χ2n) is 4.33. The first-order valence-corrected chi connectivity index (χ1v) is 5.69.